The molecule has 1 aliphatic heterocycles. The van der Waals surface area contributed by atoms with Crippen molar-refractivity contribution in [3.05, 3.63) is 82.8 Å². The number of benzene rings is 2. The number of hydrogen-bond acceptors (Lipinski definition) is 6. The molecular weight excluding hydrogens is 422 g/mol. The number of ketones is 1. The van der Waals surface area contributed by atoms with Gasteiger partial charge in [0.25, 0.3) is 11.7 Å². The molecule has 0 aliphatic carbocycles. The Morgan fingerprint density at radius 2 is 1.64 bits per heavy atom. The van der Waals surface area contributed by atoms with Crippen LogP contribution in [0.3, 0.4) is 0 Å². The second kappa shape index (κ2) is 8.86. The van der Waals surface area contributed by atoms with Gasteiger partial charge >= 0.3 is 0 Å². The van der Waals surface area contributed by atoms with E-state index in [0.29, 0.717) is 28.7 Å². The molecule has 1 atom stereocenters. The number of carbonyl (C=O) groups excluding carboxylic acids is 2. The molecule has 0 spiro atoms. The number of rotatable bonds is 6. The van der Waals surface area contributed by atoms with Crippen molar-refractivity contribution in [3.8, 4) is 11.5 Å². The first kappa shape index (κ1) is 22.2. The molecule has 7 nitrogen and oxygen atoms in total. The normalized spacial score (nSPS) is 17.5. The van der Waals surface area contributed by atoms with Gasteiger partial charge in [0.1, 0.15) is 40.4 Å². The van der Waals surface area contributed by atoms with E-state index in [1.54, 1.807) is 49.4 Å². The molecule has 1 unspecified atom stereocenters. The van der Waals surface area contributed by atoms with E-state index in [1.165, 1.54) is 19.1 Å². The average Bonchev–Trinajstić information content (AvgIpc) is 3.38. The summed E-state index contributed by atoms with van der Waals surface area (Å²) in [5, 5.41) is 11.4. The fraction of sp³-hybridized carbons (Fsp3) is 0.231. The molecule has 0 bridgehead atoms. The van der Waals surface area contributed by atoms with Crippen LogP contribution < -0.4 is 14.4 Å². The van der Waals surface area contributed by atoms with Gasteiger partial charge in [-0.25, -0.2) is 0 Å². The molecule has 0 saturated carbocycles. The van der Waals surface area contributed by atoms with Gasteiger partial charge in [-0.15, -0.1) is 0 Å². The molecule has 1 saturated heterocycles. The number of Topliss-reactive ketones (excluding diaryl/α,β-unsaturated/α-hetero) is 1. The fourth-order valence-corrected chi connectivity index (χ4v) is 4.08. The third-order valence-corrected chi connectivity index (χ3v) is 5.76. The standard InChI is InChI=1S/C26H25NO6/c1-5-16-10-12-17(13-11-16)27-23(20-14-9-15(2)33-20)22(25(29)26(27)30)24(28)21-18(31-3)7-6-8-19(21)32-4/h6-14,23,28H,5H2,1-4H3/b24-22+. The Morgan fingerprint density at radius 1 is 1.00 bits per heavy atom. The van der Waals surface area contributed by atoms with Crippen molar-refractivity contribution in [1.29, 1.82) is 0 Å². The van der Waals surface area contributed by atoms with Gasteiger partial charge in [-0.1, -0.05) is 25.1 Å². The summed E-state index contributed by atoms with van der Waals surface area (Å²) >= 11 is 0. The largest absolute Gasteiger partial charge is 0.506 e. The van der Waals surface area contributed by atoms with Gasteiger partial charge in [-0.3, -0.25) is 14.5 Å². The number of aliphatic hydroxyl groups excluding tert-OH is 1. The zero-order chi connectivity index (χ0) is 23.7. The number of amides is 1. The minimum absolute atomic E-state index is 0.100. The number of anilines is 1. The summed E-state index contributed by atoms with van der Waals surface area (Å²) in [6.45, 7) is 3.81. The summed E-state index contributed by atoms with van der Waals surface area (Å²) < 4.78 is 16.6. The third-order valence-electron chi connectivity index (χ3n) is 5.76. The lowest BCUT2D eigenvalue weighted by Crippen LogP contribution is -2.29. The highest BCUT2D eigenvalue weighted by atomic mass is 16.5. The lowest BCUT2D eigenvalue weighted by atomic mass is 9.98. The van der Waals surface area contributed by atoms with Crippen molar-refractivity contribution >= 4 is 23.1 Å². The summed E-state index contributed by atoms with van der Waals surface area (Å²) in [4.78, 5) is 27.9. The number of ether oxygens (including phenoxy) is 2. The molecule has 170 valence electrons. The molecule has 1 aromatic heterocycles. The van der Waals surface area contributed by atoms with E-state index in [4.69, 9.17) is 13.9 Å². The summed E-state index contributed by atoms with van der Waals surface area (Å²) in [5.41, 5.74) is 1.71. The van der Waals surface area contributed by atoms with Crippen molar-refractivity contribution in [2.75, 3.05) is 19.1 Å². The lowest BCUT2D eigenvalue weighted by molar-refractivity contribution is -0.132. The van der Waals surface area contributed by atoms with Crippen LogP contribution in [0.15, 0.2) is 64.6 Å². The summed E-state index contributed by atoms with van der Waals surface area (Å²) in [6.07, 6.45) is 0.841. The van der Waals surface area contributed by atoms with E-state index in [9.17, 15) is 14.7 Å². The predicted octanol–water partition coefficient (Wildman–Crippen LogP) is 4.79. The van der Waals surface area contributed by atoms with Crippen LogP contribution >= 0.6 is 0 Å². The highest BCUT2D eigenvalue weighted by molar-refractivity contribution is 6.51. The van der Waals surface area contributed by atoms with Crippen LogP contribution in [0.25, 0.3) is 5.76 Å². The topological polar surface area (TPSA) is 89.2 Å². The summed E-state index contributed by atoms with van der Waals surface area (Å²) in [7, 11) is 2.90. The quantitative estimate of drug-likeness (QED) is 0.332. The highest BCUT2D eigenvalue weighted by Crippen LogP contribution is 2.45. The van der Waals surface area contributed by atoms with Crippen LogP contribution in [0, 0.1) is 6.92 Å². The van der Waals surface area contributed by atoms with Gasteiger partial charge in [-0.05, 0) is 55.3 Å². The maximum absolute atomic E-state index is 13.3. The lowest BCUT2D eigenvalue weighted by Gasteiger charge is -2.24. The number of furan rings is 1. The Balaban J connectivity index is 1.97. The van der Waals surface area contributed by atoms with E-state index < -0.39 is 23.5 Å². The number of hydrogen-bond donors (Lipinski definition) is 1. The maximum atomic E-state index is 13.3. The fourth-order valence-electron chi connectivity index (χ4n) is 4.08. The number of carbonyl (C=O) groups is 2. The Kier molecular flexibility index (Phi) is 5.96. The molecule has 1 N–H and O–H groups in total. The average molecular weight is 447 g/mol. The van der Waals surface area contributed by atoms with Crippen LogP contribution in [0.1, 0.15) is 35.6 Å². The summed E-state index contributed by atoms with van der Waals surface area (Å²) in [6, 6.07) is 14.9. The van der Waals surface area contributed by atoms with Gasteiger partial charge in [-0.2, -0.15) is 0 Å². The molecule has 1 amide bonds. The minimum Gasteiger partial charge on any atom is -0.506 e. The Labute approximate surface area is 191 Å². The molecule has 0 radical (unpaired) electrons. The Hall–Kier alpha value is -4.00. The number of aliphatic hydroxyl groups is 1. The molecule has 2 heterocycles. The molecule has 7 heteroatoms. The highest BCUT2D eigenvalue weighted by Gasteiger charge is 2.49. The van der Waals surface area contributed by atoms with Gasteiger partial charge in [0, 0.05) is 5.69 Å². The first-order valence-electron chi connectivity index (χ1n) is 10.6. The molecule has 2 aromatic carbocycles. The molecule has 33 heavy (non-hydrogen) atoms. The number of nitrogens with zero attached hydrogens (tertiary/aromatic N) is 1. The van der Waals surface area contributed by atoms with Crippen molar-refractivity contribution in [3.63, 3.8) is 0 Å². The minimum atomic E-state index is -0.958. The van der Waals surface area contributed by atoms with Crippen molar-refractivity contribution in [1.82, 2.24) is 0 Å². The van der Waals surface area contributed by atoms with Gasteiger partial charge in [0.15, 0.2) is 0 Å². The van der Waals surface area contributed by atoms with E-state index in [2.05, 4.69) is 0 Å². The van der Waals surface area contributed by atoms with E-state index in [1.807, 2.05) is 19.1 Å². The molecular formula is C26H25NO6. The maximum Gasteiger partial charge on any atom is 0.300 e. The predicted molar refractivity (Wildman–Crippen MR) is 124 cm³/mol. The van der Waals surface area contributed by atoms with Crippen LogP contribution in [0.2, 0.25) is 0 Å². The Morgan fingerprint density at radius 3 is 2.15 bits per heavy atom. The van der Waals surface area contributed by atoms with Crippen LogP contribution in [0.4, 0.5) is 5.69 Å². The summed E-state index contributed by atoms with van der Waals surface area (Å²) in [5.74, 6) is -0.380. The molecule has 1 aliphatic rings. The first-order chi connectivity index (χ1) is 15.9. The van der Waals surface area contributed by atoms with E-state index in [-0.39, 0.29) is 11.1 Å². The van der Waals surface area contributed by atoms with Gasteiger partial charge in [0.2, 0.25) is 0 Å². The van der Waals surface area contributed by atoms with Gasteiger partial charge < -0.3 is 19.0 Å². The zero-order valence-corrected chi connectivity index (χ0v) is 18.9. The molecule has 1 fully saturated rings. The van der Waals surface area contributed by atoms with E-state index in [0.717, 1.165) is 12.0 Å². The molecule has 4 rings (SSSR count). The van der Waals surface area contributed by atoms with Crippen molar-refractivity contribution in [2.45, 2.75) is 26.3 Å². The third kappa shape index (κ3) is 3.75. The number of methoxy groups -OCH3 is 2. The van der Waals surface area contributed by atoms with Crippen LogP contribution in [0.5, 0.6) is 11.5 Å². The Bertz CT molecular complexity index is 1220. The van der Waals surface area contributed by atoms with E-state index >= 15 is 0 Å². The smallest absolute Gasteiger partial charge is 0.300 e. The SMILES string of the molecule is CCc1ccc(N2C(=O)C(=O)/C(=C(/O)c3c(OC)cccc3OC)C2c2ccc(C)o2)cc1. The second-order valence-corrected chi connectivity index (χ2v) is 7.68. The van der Waals surface area contributed by atoms with Crippen molar-refractivity contribution < 1.29 is 28.6 Å². The van der Waals surface area contributed by atoms with Crippen molar-refractivity contribution in [2.24, 2.45) is 0 Å². The van der Waals surface area contributed by atoms with Gasteiger partial charge in [0.05, 0.1) is 19.8 Å². The molecule has 3 aromatic rings. The first-order valence-corrected chi connectivity index (χ1v) is 10.6. The monoisotopic (exact) mass is 447 g/mol. The number of aryl methyl sites for hydroxylation is 2. The van der Waals surface area contributed by atoms with Crippen LogP contribution in [-0.4, -0.2) is 31.0 Å². The second-order valence-electron chi connectivity index (χ2n) is 7.68. The zero-order valence-electron chi connectivity index (χ0n) is 18.9. The van der Waals surface area contributed by atoms with Crippen LogP contribution in [-0.2, 0) is 16.0 Å².